The van der Waals surface area contributed by atoms with Crippen molar-refractivity contribution in [2.45, 2.75) is 26.7 Å². The maximum Gasteiger partial charge on any atom is 0.122 e. The molecule has 0 heterocycles. The molecule has 0 bridgehead atoms. The van der Waals surface area contributed by atoms with Crippen molar-refractivity contribution in [3.8, 4) is 5.75 Å². The Bertz CT molecular complexity index is 488. The van der Waals surface area contributed by atoms with E-state index in [4.69, 9.17) is 4.74 Å². The molecule has 94 valence electrons. The van der Waals surface area contributed by atoms with Gasteiger partial charge in [-0.15, -0.1) is 0 Å². The van der Waals surface area contributed by atoms with Crippen LogP contribution in [-0.4, -0.2) is 6.61 Å². The van der Waals surface area contributed by atoms with Gasteiger partial charge in [0.15, 0.2) is 0 Å². The van der Waals surface area contributed by atoms with Gasteiger partial charge < -0.3 is 4.74 Å². The predicted molar refractivity (Wildman–Crippen MR) is 76.2 cm³/mol. The zero-order chi connectivity index (χ0) is 12.8. The Balaban J connectivity index is 1.81. The fourth-order valence-electron chi connectivity index (χ4n) is 1.98. The summed E-state index contributed by atoms with van der Waals surface area (Å²) in [5, 5.41) is 0. The summed E-state index contributed by atoms with van der Waals surface area (Å²) in [4.78, 5) is 0. The van der Waals surface area contributed by atoms with Crippen LogP contribution in [0.2, 0.25) is 0 Å². The SMILES string of the molecule is Cc1cccc(OCCCc2ccccc2)c1C. The monoisotopic (exact) mass is 240 g/mol. The Labute approximate surface area is 109 Å². The lowest BCUT2D eigenvalue weighted by atomic mass is 10.1. The first-order valence-corrected chi connectivity index (χ1v) is 6.50. The summed E-state index contributed by atoms with van der Waals surface area (Å²) in [5.41, 5.74) is 3.91. The van der Waals surface area contributed by atoms with E-state index in [1.165, 1.54) is 16.7 Å². The van der Waals surface area contributed by atoms with Gasteiger partial charge in [0.2, 0.25) is 0 Å². The van der Waals surface area contributed by atoms with Crippen LogP contribution in [0.25, 0.3) is 0 Å². The van der Waals surface area contributed by atoms with Crippen LogP contribution < -0.4 is 4.74 Å². The molecule has 0 unspecified atom stereocenters. The van der Waals surface area contributed by atoms with Crippen molar-refractivity contribution < 1.29 is 4.74 Å². The van der Waals surface area contributed by atoms with E-state index in [9.17, 15) is 0 Å². The lowest BCUT2D eigenvalue weighted by molar-refractivity contribution is 0.309. The van der Waals surface area contributed by atoms with E-state index in [-0.39, 0.29) is 0 Å². The molecule has 2 aromatic rings. The van der Waals surface area contributed by atoms with Gasteiger partial charge in [-0.1, -0.05) is 42.5 Å². The molecule has 0 saturated heterocycles. The third-order valence-corrected chi connectivity index (χ3v) is 3.27. The Morgan fingerprint density at radius 2 is 1.67 bits per heavy atom. The smallest absolute Gasteiger partial charge is 0.122 e. The standard InChI is InChI=1S/C17H20O/c1-14-8-6-12-17(15(14)2)18-13-7-11-16-9-4-3-5-10-16/h3-6,8-10,12H,7,11,13H2,1-2H3. The molecule has 0 spiro atoms. The molecule has 1 nitrogen and oxygen atoms in total. The molecule has 0 atom stereocenters. The van der Waals surface area contributed by atoms with Crippen LogP contribution in [-0.2, 0) is 6.42 Å². The summed E-state index contributed by atoms with van der Waals surface area (Å²) < 4.78 is 5.84. The van der Waals surface area contributed by atoms with E-state index in [2.05, 4.69) is 56.3 Å². The molecule has 0 N–H and O–H groups in total. The first-order valence-electron chi connectivity index (χ1n) is 6.50. The van der Waals surface area contributed by atoms with Crippen molar-refractivity contribution >= 4 is 0 Å². The van der Waals surface area contributed by atoms with E-state index in [1.807, 2.05) is 6.07 Å². The van der Waals surface area contributed by atoms with Gasteiger partial charge in [0.05, 0.1) is 6.61 Å². The van der Waals surface area contributed by atoms with E-state index >= 15 is 0 Å². The molecule has 0 aliphatic rings. The fourth-order valence-corrected chi connectivity index (χ4v) is 1.98. The quantitative estimate of drug-likeness (QED) is 0.707. The van der Waals surface area contributed by atoms with Crippen LogP contribution in [0, 0.1) is 13.8 Å². The highest BCUT2D eigenvalue weighted by atomic mass is 16.5. The molecule has 18 heavy (non-hydrogen) atoms. The second kappa shape index (κ2) is 6.25. The summed E-state index contributed by atoms with van der Waals surface area (Å²) in [7, 11) is 0. The minimum Gasteiger partial charge on any atom is -0.493 e. The minimum atomic E-state index is 0.777. The minimum absolute atomic E-state index is 0.777. The molecular weight excluding hydrogens is 220 g/mol. The van der Waals surface area contributed by atoms with Crippen LogP contribution in [0.3, 0.4) is 0 Å². The number of ether oxygens (including phenoxy) is 1. The average molecular weight is 240 g/mol. The summed E-state index contributed by atoms with van der Waals surface area (Å²) in [6.07, 6.45) is 2.13. The van der Waals surface area contributed by atoms with E-state index in [0.717, 1.165) is 25.2 Å². The lowest BCUT2D eigenvalue weighted by Crippen LogP contribution is -2.01. The molecule has 0 aliphatic heterocycles. The molecule has 2 rings (SSSR count). The number of hydrogen-bond acceptors (Lipinski definition) is 1. The number of hydrogen-bond donors (Lipinski definition) is 0. The third kappa shape index (κ3) is 3.36. The van der Waals surface area contributed by atoms with Gasteiger partial charge in [-0.2, -0.15) is 0 Å². The molecule has 0 fully saturated rings. The maximum atomic E-state index is 5.84. The van der Waals surface area contributed by atoms with E-state index in [0.29, 0.717) is 0 Å². The summed E-state index contributed by atoms with van der Waals surface area (Å²) in [6, 6.07) is 16.8. The van der Waals surface area contributed by atoms with E-state index < -0.39 is 0 Å². The van der Waals surface area contributed by atoms with Gasteiger partial charge in [-0.3, -0.25) is 0 Å². The molecule has 0 aromatic heterocycles. The molecule has 1 heteroatoms. The highest BCUT2D eigenvalue weighted by molar-refractivity contribution is 5.38. The number of benzene rings is 2. The Morgan fingerprint density at radius 1 is 0.889 bits per heavy atom. The first-order chi connectivity index (χ1) is 8.77. The summed E-state index contributed by atoms with van der Waals surface area (Å²) in [5.74, 6) is 1.02. The van der Waals surface area contributed by atoms with E-state index in [1.54, 1.807) is 0 Å². The zero-order valence-electron chi connectivity index (χ0n) is 11.1. The molecule has 0 saturated carbocycles. The van der Waals surface area contributed by atoms with Gasteiger partial charge in [0.25, 0.3) is 0 Å². The van der Waals surface area contributed by atoms with Crippen molar-refractivity contribution in [1.29, 1.82) is 0 Å². The Hall–Kier alpha value is -1.76. The van der Waals surface area contributed by atoms with Gasteiger partial charge in [0, 0.05) is 0 Å². The van der Waals surface area contributed by atoms with Gasteiger partial charge in [0.1, 0.15) is 5.75 Å². The van der Waals surface area contributed by atoms with Crippen molar-refractivity contribution in [1.82, 2.24) is 0 Å². The highest BCUT2D eigenvalue weighted by Gasteiger charge is 2.01. The summed E-state index contributed by atoms with van der Waals surface area (Å²) >= 11 is 0. The predicted octanol–water partition coefficient (Wildman–Crippen LogP) is 4.32. The van der Waals surface area contributed by atoms with Gasteiger partial charge >= 0.3 is 0 Å². The molecule has 0 amide bonds. The lowest BCUT2D eigenvalue weighted by Gasteiger charge is -2.10. The number of rotatable bonds is 5. The van der Waals surface area contributed by atoms with Gasteiger partial charge in [-0.25, -0.2) is 0 Å². The normalized spacial score (nSPS) is 10.3. The van der Waals surface area contributed by atoms with Crippen LogP contribution >= 0.6 is 0 Å². The topological polar surface area (TPSA) is 9.23 Å². The van der Waals surface area contributed by atoms with Crippen molar-refractivity contribution in [2.24, 2.45) is 0 Å². The third-order valence-electron chi connectivity index (χ3n) is 3.27. The Kier molecular flexibility index (Phi) is 4.40. The van der Waals surface area contributed by atoms with Crippen LogP contribution in [0.1, 0.15) is 23.1 Å². The second-order valence-electron chi connectivity index (χ2n) is 4.64. The van der Waals surface area contributed by atoms with Crippen LogP contribution in [0.4, 0.5) is 0 Å². The van der Waals surface area contributed by atoms with Crippen LogP contribution in [0.15, 0.2) is 48.5 Å². The molecule has 0 radical (unpaired) electrons. The first kappa shape index (κ1) is 12.7. The van der Waals surface area contributed by atoms with Gasteiger partial charge in [-0.05, 0) is 49.4 Å². The average Bonchev–Trinajstić information content (AvgIpc) is 2.40. The molecule has 0 aliphatic carbocycles. The Morgan fingerprint density at radius 3 is 2.44 bits per heavy atom. The molecule has 2 aromatic carbocycles. The zero-order valence-corrected chi connectivity index (χ0v) is 11.1. The second-order valence-corrected chi connectivity index (χ2v) is 4.64. The van der Waals surface area contributed by atoms with Crippen molar-refractivity contribution in [2.75, 3.05) is 6.61 Å². The fraction of sp³-hybridized carbons (Fsp3) is 0.294. The summed E-state index contributed by atoms with van der Waals surface area (Å²) in [6.45, 7) is 5.01. The number of aryl methyl sites for hydroxylation is 2. The van der Waals surface area contributed by atoms with Crippen molar-refractivity contribution in [3.05, 3.63) is 65.2 Å². The molecular formula is C17H20O. The van der Waals surface area contributed by atoms with Crippen molar-refractivity contribution in [3.63, 3.8) is 0 Å². The largest absolute Gasteiger partial charge is 0.493 e. The maximum absolute atomic E-state index is 5.84. The highest BCUT2D eigenvalue weighted by Crippen LogP contribution is 2.20. The van der Waals surface area contributed by atoms with Crippen LogP contribution in [0.5, 0.6) is 5.75 Å².